The van der Waals surface area contributed by atoms with Crippen LogP contribution in [0.2, 0.25) is 0 Å². The van der Waals surface area contributed by atoms with Crippen molar-refractivity contribution < 1.29 is 22.0 Å². The molecule has 5 nitrogen and oxygen atoms in total. The lowest BCUT2D eigenvalue weighted by Gasteiger charge is -2.21. The van der Waals surface area contributed by atoms with Gasteiger partial charge in [0.15, 0.2) is 0 Å². The van der Waals surface area contributed by atoms with Gasteiger partial charge in [0.25, 0.3) is 0 Å². The smallest absolute Gasteiger partial charge is 0.227 e. The number of thiophene rings is 1. The number of benzene rings is 2. The molecule has 4 rings (SSSR count). The molecule has 1 N–H and O–H groups in total. The molecule has 2 heterocycles. The zero-order valence-corrected chi connectivity index (χ0v) is 19.2. The summed E-state index contributed by atoms with van der Waals surface area (Å²) in [6, 6.07) is 8.92. The third-order valence-corrected chi connectivity index (χ3v) is 7.47. The van der Waals surface area contributed by atoms with Crippen LogP contribution >= 0.6 is 11.3 Å². The Labute approximate surface area is 190 Å². The molecule has 0 spiro atoms. The first-order chi connectivity index (χ1) is 15.2. The summed E-state index contributed by atoms with van der Waals surface area (Å²) in [6.07, 6.45) is 3.19. The SMILES string of the molecule is CS(=O)(=O)N[C@H]1CCCN(C(=O)Cc2csc3cccc(-c4c(F)cccc4F)c23)CC1. The Balaban J connectivity index is 1.58. The maximum absolute atomic E-state index is 14.5. The number of nitrogens with zero attached hydrogens (tertiary/aromatic N) is 1. The first-order valence-corrected chi connectivity index (χ1v) is 13.2. The molecule has 1 amide bonds. The average Bonchev–Trinajstić information content (AvgIpc) is 2.98. The van der Waals surface area contributed by atoms with Gasteiger partial charge in [0.1, 0.15) is 11.6 Å². The second-order valence-electron chi connectivity index (χ2n) is 8.11. The Bertz CT molecular complexity index is 1240. The topological polar surface area (TPSA) is 66.5 Å². The molecule has 1 aliphatic rings. The molecule has 170 valence electrons. The maximum Gasteiger partial charge on any atom is 0.227 e. The highest BCUT2D eigenvalue weighted by Crippen LogP contribution is 2.37. The number of halogens is 2. The monoisotopic (exact) mass is 478 g/mol. The third-order valence-electron chi connectivity index (χ3n) is 5.71. The quantitative estimate of drug-likeness (QED) is 0.594. The first-order valence-electron chi connectivity index (χ1n) is 10.4. The van der Waals surface area contributed by atoms with Gasteiger partial charge in [0.2, 0.25) is 15.9 Å². The zero-order chi connectivity index (χ0) is 22.9. The summed E-state index contributed by atoms with van der Waals surface area (Å²) in [5.74, 6) is -1.36. The van der Waals surface area contributed by atoms with E-state index >= 15 is 0 Å². The van der Waals surface area contributed by atoms with Gasteiger partial charge in [-0.1, -0.05) is 18.2 Å². The molecule has 1 saturated heterocycles. The molecule has 0 unspecified atom stereocenters. The van der Waals surface area contributed by atoms with Crippen molar-refractivity contribution in [2.75, 3.05) is 19.3 Å². The number of likely N-dealkylation sites (tertiary alicyclic amines) is 1. The molecule has 1 atom stereocenters. The van der Waals surface area contributed by atoms with E-state index in [2.05, 4.69) is 4.72 Å². The predicted molar refractivity (Wildman–Crippen MR) is 123 cm³/mol. The van der Waals surface area contributed by atoms with Crippen LogP contribution in [-0.2, 0) is 21.2 Å². The van der Waals surface area contributed by atoms with Crippen molar-refractivity contribution in [1.29, 1.82) is 0 Å². The standard InChI is InChI=1S/C23H24F2N2O3S2/c1-32(29,30)26-16-5-4-11-27(12-10-16)21(28)13-15-14-31-20-9-2-6-17(22(15)20)23-18(24)7-3-8-19(23)25/h2-3,6-9,14,16,26H,4-5,10-13H2,1H3/t16-/m0/s1. The lowest BCUT2D eigenvalue weighted by Crippen LogP contribution is -2.36. The summed E-state index contributed by atoms with van der Waals surface area (Å²) in [5.41, 5.74) is 1.09. The van der Waals surface area contributed by atoms with Crippen LogP contribution < -0.4 is 4.72 Å². The Kier molecular flexibility index (Phi) is 6.60. The molecule has 3 aromatic rings. The van der Waals surface area contributed by atoms with Gasteiger partial charge in [0.05, 0.1) is 18.2 Å². The van der Waals surface area contributed by atoms with Crippen LogP contribution in [0.15, 0.2) is 41.8 Å². The summed E-state index contributed by atoms with van der Waals surface area (Å²) in [5, 5.41) is 2.57. The van der Waals surface area contributed by atoms with Gasteiger partial charge in [-0.15, -0.1) is 11.3 Å². The molecule has 0 radical (unpaired) electrons. The van der Waals surface area contributed by atoms with E-state index in [1.54, 1.807) is 17.0 Å². The summed E-state index contributed by atoms with van der Waals surface area (Å²) in [7, 11) is -3.29. The number of hydrogen-bond donors (Lipinski definition) is 1. The Morgan fingerprint density at radius 2 is 1.84 bits per heavy atom. The highest BCUT2D eigenvalue weighted by molar-refractivity contribution is 7.88. The number of rotatable bonds is 5. The molecule has 2 aromatic carbocycles. The number of nitrogens with one attached hydrogen (secondary N) is 1. The summed E-state index contributed by atoms with van der Waals surface area (Å²) in [4.78, 5) is 14.8. The van der Waals surface area contributed by atoms with Gasteiger partial charge in [-0.25, -0.2) is 21.9 Å². The van der Waals surface area contributed by atoms with Crippen LogP contribution in [0.4, 0.5) is 8.78 Å². The van der Waals surface area contributed by atoms with Gasteiger partial charge in [-0.2, -0.15) is 0 Å². The van der Waals surface area contributed by atoms with E-state index in [1.165, 1.54) is 29.5 Å². The van der Waals surface area contributed by atoms with E-state index in [0.717, 1.165) is 16.5 Å². The minimum Gasteiger partial charge on any atom is -0.342 e. The minimum atomic E-state index is -3.29. The number of fused-ring (bicyclic) bond motifs is 1. The minimum absolute atomic E-state index is 0.0754. The number of amides is 1. The fourth-order valence-electron chi connectivity index (χ4n) is 4.29. The first kappa shape index (κ1) is 22.8. The molecular weight excluding hydrogens is 454 g/mol. The summed E-state index contributed by atoms with van der Waals surface area (Å²) in [6.45, 7) is 1.01. The van der Waals surface area contributed by atoms with Gasteiger partial charge < -0.3 is 4.90 Å². The molecule has 32 heavy (non-hydrogen) atoms. The molecule has 0 saturated carbocycles. The van der Waals surface area contributed by atoms with E-state index in [-0.39, 0.29) is 23.9 Å². The van der Waals surface area contributed by atoms with Crippen molar-refractivity contribution in [2.45, 2.75) is 31.7 Å². The third kappa shape index (κ3) is 5.00. The van der Waals surface area contributed by atoms with Crippen LogP contribution in [0.5, 0.6) is 0 Å². The van der Waals surface area contributed by atoms with E-state index in [1.807, 2.05) is 11.4 Å². The zero-order valence-electron chi connectivity index (χ0n) is 17.6. The fourth-order valence-corrected chi connectivity index (χ4v) is 6.12. The fraction of sp³-hybridized carbons (Fsp3) is 0.348. The molecule has 9 heteroatoms. The number of carbonyl (C=O) groups is 1. The normalized spacial score (nSPS) is 17.5. The molecular formula is C23H24F2N2O3S2. The molecule has 1 aliphatic heterocycles. The van der Waals surface area contributed by atoms with E-state index in [4.69, 9.17) is 0 Å². The molecule has 0 bridgehead atoms. The molecule has 1 aromatic heterocycles. The Hall–Kier alpha value is -2.36. The van der Waals surface area contributed by atoms with Crippen molar-refractivity contribution in [3.05, 3.63) is 59.0 Å². The van der Waals surface area contributed by atoms with Crippen molar-refractivity contribution in [2.24, 2.45) is 0 Å². The van der Waals surface area contributed by atoms with Gasteiger partial charge in [0, 0.05) is 29.2 Å². The van der Waals surface area contributed by atoms with Gasteiger partial charge in [-0.05, 0) is 54.0 Å². The second-order valence-corrected chi connectivity index (χ2v) is 10.8. The van der Waals surface area contributed by atoms with Crippen LogP contribution in [0.1, 0.15) is 24.8 Å². The largest absolute Gasteiger partial charge is 0.342 e. The van der Waals surface area contributed by atoms with Crippen LogP contribution in [0.3, 0.4) is 0 Å². The molecule has 0 aliphatic carbocycles. The van der Waals surface area contributed by atoms with Crippen molar-refractivity contribution in [3.8, 4) is 11.1 Å². The molecule has 1 fully saturated rings. The number of sulfonamides is 1. The van der Waals surface area contributed by atoms with E-state index in [0.29, 0.717) is 43.3 Å². The number of carbonyl (C=O) groups excluding carboxylic acids is 1. The Morgan fingerprint density at radius 1 is 1.12 bits per heavy atom. The predicted octanol–water partition coefficient (Wildman–Crippen LogP) is 4.32. The summed E-state index contributed by atoms with van der Waals surface area (Å²) < 4.78 is 55.5. The van der Waals surface area contributed by atoms with Crippen molar-refractivity contribution in [1.82, 2.24) is 9.62 Å². The lowest BCUT2D eigenvalue weighted by molar-refractivity contribution is -0.130. The second kappa shape index (κ2) is 9.25. The highest BCUT2D eigenvalue weighted by Gasteiger charge is 2.24. The Morgan fingerprint density at radius 3 is 2.56 bits per heavy atom. The maximum atomic E-state index is 14.5. The van der Waals surface area contributed by atoms with Gasteiger partial charge in [-0.3, -0.25) is 4.79 Å². The van der Waals surface area contributed by atoms with Crippen LogP contribution in [0.25, 0.3) is 21.2 Å². The average molecular weight is 479 g/mol. The van der Waals surface area contributed by atoms with E-state index in [9.17, 15) is 22.0 Å². The lowest BCUT2D eigenvalue weighted by atomic mass is 9.97. The van der Waals surface area contributed by atoms with Gasteiger partial charge >= 0.3 is 0 Å². The van der Waals surface area contributed by atoms with Crippen LogP contribution in [0, 0.1) is 11.6 Å². The van der Waals surface area contributed by atoms with Crippen LogP contribution in [-0.4, -0.2) is 44.6 Å². The summed E-state index contributed by atoms with van der Waals surface area (Å²) >= 11 is 1.44. The highest BCUT2D eigenvalue weighted by atomic mass is 32.2. The van der Waals surface area contributed by atoms with E-state index < -0.39 is 21.7 Å². The number of hydrogen-bond acceptors (Lipinski definition) is 4. The van der Waals surface area contributed by atoms with Crippen molar-refractivity contribution in [3.63, 3.8) is 0 Å². The van der Waals surface area contributed by atoms with Crippen molar-refractivity contribution >= 4 is 37.4 Å².